The SMILES string of the molecule is CCCCOC(=O)NC1CN(C(=O)C(CCC(=O)O)NC(=O)c2cc(OCC(=O)N3CCCC3C(=O)NC3CCC3)c3ccccc3n2)C1. The first-order valence-electron chi connectivity index (χ1n) is 17.0. The number of carboxylic acid groups (broad SMARTS) is 1. The average molecular weight is 681 g/mol. The van der Waals surface area contributed by atoms with E-state index in [9.17, 15) is 33.9 Å². The molecule has 2 atom stereocenters. The van der Waals surface area contributed by atoms with Gasteiger partial charge in [0.1, 0.15) is 23.5 Å². The molecule has 3 heterocycles. The summed E-state index contributed by atoms with van der Waals surface area (Å²) < 4.78 is 11.1. The van der Waals surface area contributed by atoms with Crippen molar-refractivity contribution in [3.63, 3.8) is 0 Å². The monoisotopic (exact) mass is 680 g/mol. The fourth-order valence-corrected chi connectivity index (χ4v) is 6.03. The second-order valence-electron chi connectivity index (χ2n) is 12.7. The number of ether oxygens (including phenoxy) is 2. The van der Waals surface area contributed by atoms with Crippen LogP contribution in [0, 0.1) is 0 Å². The number of fused-ring (bicyclic) bond motifs is 1. The summed E-state index contributed by atoms with van der Waals surface area (Å²) in [5.41, 5.74) is 0.318. The number of hydrogen-bond donors (Lipinski definition) is 4. The van der Waals surface area contributed by atoms with Crippen molar-refractivity contribution in [1.82, 2.24) is 30.7 Å². The van der Waals surface area contributed by atoms with Gasteiger partial charge < -0.3 is 40.3 Å². The van der Waals surface area contributed by atoms with Crippen LogP contribution in [0.2, 0.25) is 0 Å². The number of carboxylic acids is 1. The molecule has 2 unspecified atom stereocenters. The first-order valence-corrected chi connectivity index (χ1v) is 17.0. The van der Waals surface area contributed by atoms with E-state index in [2.05, 4.69) is 20.9 Å². The van der Waals surface area contributed by atoms with Gasteiger partial charge in [-0.25, -0.2) is 9.78 Å². The van der Waals surface area contributed by atoms with E-state index >= 15 is 0 Å². The lowest BCUT2D eigenvalue weighted by Gasteiger charge is -2.41. The molecule has 5 amide bonds. The third-order valence-corrected chi connectivity index (χ3v) is 9.09. The maximum absolute atomic E-state index is 13.5. The molecule has 264 valence electrons. The standard InChI is InChI=1S/C34H44N6O9/c1-2-3-16-48-34(47)36-22-18-39(19-22)33(46)25(13-14-30(42)43)38-31(44)26-17-28(23-10-4-5-11-24(23)37-26)49-20-29(41)40-15-7-12-27(40)32(45)35-21-8-6-9-21/h4-5,10-11,17,21-22,25,27H,2-3,6-9,12-16,18-20H2,1H3,(H,35,45)(H,36,47)(H,38,44)(H,42,43). The summed E-state index contributed by atoms with van der Waals surface area (Å²) in [4.78, 5) is 83.7. The van der Waals surface area contributed by atoms with Gasteiger partial charge in [-0.15, -0.1) is 0 Å². The summed E-state index contributed by atoms with van der Waals surface area (Å²) in [6, 6.07) is 6.40. The number of para-hydroxylation sites is 1. The first-order chi connectivity index (χ1) is 23.6. The lowest BCUT2D eigenvalue weighted by Crippen LogP contribution is -2.64. The van der Waals surface area contributed by atoms with Crippen molar-refractivity contribution in [3.8, 4) is 5.75 Å². The van der Waals surface area contributed by atoms with Gasteiger partial charge >= 0.3 is 12.1 Å². The Balaban J connectivity index is 1.23. The van der Waals surface area contributed by atoms with Gasteiger partial charge in [-0.3, -0.25) is 24.0 Å². The Labute approximate surface area is 284 Å². The molecule has 2 aliphatic heterocycles. The van der Waals surface area contributed by atoms with Gasteiger partial charge in [-0.2, -0.15) is 0 Å². The highest BCUT2D eigenvalue weighted by molar-refractivity contribution is 5.99. The topological polar surface area (TPSA) is 197 Å². The number of nitrogens with zero attached hydrogens (tertiary/aromatic N) is 3. The number of aliphatic carboxylic acids is 1. The van der Waals surface area contributed by atoms with Crippen molar-refractivity contribution >= 4 is 46.6 Å². The average Bonchev–Trinajstić information content (AvgIpc) is 3.55. The predicted molar refractivity (Wildman–Crippen MR) is 176 cm³/mol. The van der Waals surface area contributed by atoms with Crippen LogP contribution in [0.15, 0.2) is 30.3 Å². The number of nitrogens with one attached hydrogen (secondary N) is 3. The van der Waals surface area contributed by atoms with E-state index in [1.165, 1.54) is 15.9 Å². The van der Waals surface area contributed by atoms with Crippen molar-refractivity contribution in [2.45, 2.75) is 88.9 Å². The Morgan fingerprint density at radius 1 is 1.02 bits per heavy atom. The number of pyridine rings is 1. The van der Waals surface area contributed by atoms with Crippen LogP contribution in [0.25, 0.3) is 10.9 Å². The molecule has 3 fully saturated rings. The third kappa shape index (κ3) is 9.15. The van der Waals surface area contributed by atoms with Gasteiger partial charge in [0.15, 0.2) is 6.61 Å². The maximum Gasteiger partial charge on any atom is 0.407 e. The Kier molecular flexibility index (Phi) is 11.9. The van der Waals surface area contributed by atoms with Crippen LogP contribution < -0.4 is 20.7 Å². The fraction of sp³-hybridized carbons (Fsp3) is 0.559. The zero-order chi connectivity index (χ0) is 34.9. The fourth-order valence-electron chi connectivity index (χ4n) is 6.03. The van der Waals surface area contributed by atoms with Crippen molar-refractivity contribution in [2.75, 3.05) is 32.8 Å². The van der Waals surface area contributed by atoms with E-state index in [-0.39, 0.29) is 67.9 Å². The van der Waals surface area contributed by atoms with Crippen LogP contribution in [-0.2, 0) is 23.9 Å². The second-order valence-corrected chi connectivity index (χ2v) is 12.7. The normalized spacial score (nSPS) is 18.2. The van der Waals surface area contributed by atoms with Gasteiger partial charge in [-0.05, 0) is 57.1 Å². The van der Waals surface area contributed by atoms with Crippen LogP contribution >= 0.6 is 0 Å². The van der Waals surface area contributed by atoms with E-state index in [0.29, 0.717) is 36.9 Å². The van der Waals surface area contributed by atoms with Crippen molar-refractivity contribution < 1.29 is 43.3 Å². The molecule has 0 radical (unpaired) electrons. The molecular formula is C34H44N6O9. The molecule has 15 nitrogen and oxygen atoms in total. The van der Waals surface area contributed by atoms with Crippen LogP contribution in [0.5, 0.6) is 5.75 Å². The van der Waals surface area contributed by atoms with Gasteiger partial charge in [0.2, 0.25) is 11.8 Å². The maximum atomic E-state index is 13.5. The number of benzene rings is 1. The smallest absolute Gasteiger partial charge is 0.407 e. The Morgan fingerprint density at radius 3 is 2.51 bits per heavy atom. The van der Waals surface area contributed by atoms with Gasteiger partial charge in [0.05, 0.1) is 18.2 Å². The summed E-state index contributed by atoms with van der Waals surface area (Å²) in [5, 5.41) is 18.2. The summed E-state index contributed by atoms with van der Waals surface area (Å²) in [6.07, 6.45) is 4.78. The minimum Gasteiger partial charge on any atom is -0.483 e. The largest absolute Gasteiger partial charge is 0.483 e. The highest BCUT2D eigenvalue weighted by atomic mass is 16.5. The number of amides is 5. The van der Waals surface area contributed by atoms with Gasteiger partial charge in [-0.1, -0.05) is 25.5 Å². The summed E-state index contributed by atoms with van der Waals surface area (Å²) in [5.74, 6) is -2.63. The minimum absolute atomic E-state index is 0.0915. The number of hydrogen-bond acceptors (Lipinski definition) is 9. The Morgan fingerprint density at radius 2 is 1.80 bits per heavy atom. The van der Waals surface area contributed by atoms with Crippen LogP contribution in [0.4, 0.5) is 4.79 Å². The van der Waals surface area contributed by atoms with Gasteiger partial charge in [0, 0.05) is 43.5 Å². The molecule has 0 spiro atoms. The molecule has 49 heavy (non-hydrogen) atoms. The number of likely N-dealkylation sites (tertiary alicyclic amines) is 2. The van der Waals surface area contributed by atoms with Crippen molar-refractivity contribution in [1.29, 1.82) is 0 Å². The summed E-state index contributed by atoms with van der Waals surface area (Å²) in [7, 11) is 0. The van der Waals surface area contributed by atoms with E-state index in [4.69, 9.17) is 9.47 Å². The molecule has 0 bridgehead atoms. The van der Waals surface area contributed by atoms with Crippen LogP contribution in [-0.4, -0.2) is 113 Å². The predicted octanol–water partition coefficient (Wildman–Crippen LogP) is 1.97. The van der Waals surface area contributed by atoms with Gasteiger partial charge in [0.25, 0.3) is 11.8 Å². The molecular weight excluding hydrogens is 636 g/mol. The highest BCUT2D eigenvalue weighted by Crippen LogP contribution is 2.27. The molecule has 1 aromatic heterocycles. The lowest BCUT2D eigenvalue weighted by atomic mass is 9.93. The number of carbonyl (C=O) groups excluding carboxylic acids is 5. The first kappa shape index (κ1) is 35.4. The highest BCUT2D eigenvalue weighted by Gasteiger charge is 2.37. The minimum atomic E-state index is -1.17. The van der Waals surface area contributed by atoms with E-state index in [1.54, 1.807) is 24.3 Å². The number of aromatic nitrogens is 1. The number of rotatable bonds is 15. The molecule has 5 rings (SSSR count). The summed E-state index contributed by atoms with van der Waals surface area (Å²) in [6.45, 7) is 2.72. The zero-order valence-electron chi connectivity index (χ0n) is 27.7. The Hall–Kier alpha value is -4.95. The van der Waals surface area contributed by atoms with Crippen molar-refractivity contribution in [3.05, 3.63) is 36.0 Å². The third-order valence-electron chi connectivity index (χ3n) is 9.09. The van der Waals surface area contributed by atoms with Crippen LogP contribution in [0.1, 0.15) is 75.2 Å². The molecule has 3 aliphatic rings. The molecule has 15 heteroatoms. The molecule has 2 aromatic rings. The molecule has 1 aliphatic carbocycles. The summed E-state index contributed by atoms with van der Waals surface area (Å²) >= 11 is 0. The van der Waals surface area contributed by atoms with E-state index in [1.807, 2.05) is 6.92 Å². The number of unbranched alkanes of at least 4 members (excludes halogenated alkanes) is 1. The molecule has 1 aromatic carbocycles. The second kappa shape index (κ2) is 16.4. The van der Waals surface area contributed by atoms with Crippen molar-refractivity contribution in [2.24, 2.45) is 0 Å². The number of carbonyl (C=O) groups is 6. The quantitative estimate of drug-likeness (QED) is 0.202. The number of alkyl carbamates (subject to hydrolysis) is 1. The Bertz CT molecular complexity index is 1560. The van der Waals surface area contributed by atoms with E-state index in [0.717, 1.165) is 32.1 Å². The van der Waals surface area contributed by atoms with E-state index < -0.39 is 36.0 Å². The zero-order valence-corrected chi connectivity index (χ0v) is 27.7. The molecule has 4 N–H and O–H groups in total. The molecule has 1 saturated carbocycles. The lowest BCUT2D eigenvalue weighted by molar-refractivity contribution is -0.140. The molecule has 2 saturated heterocycles. The van der Waals surface area contributed by atoms with Crippen LogP contribution in [0.3, 0.4) is 0 Å².